The highest BCUT2D eigenvalue weighted by atomic mass is 16.2. The van der Waals surface area contributed by atoms with Crippen LogP contribution in [-0.2, 0) is 10.3 Å². The fraction of sp³-hybridized carbons (Fsp3) is 0.366. The number of amides is 1. The first-order valence-corrected chi connectivity index (χ1v) is 16.7. The molecule has 4 heteroatoms. The number of carbonyl (C=O) groups excluding carboxylic acids is 1. The molecule has 5 rings (SSSR count). The van der Waals surface area contributed by atoms with Crippen LogP contribution in [0.15, 0.2) is 126 Å². The van der Waals surface area contributed by atoms with Crippen LogP contribution in [0.5, 0.6) is 0 Å². The van der Waals surface area contributed by atoms with E-state index in [9.17, 15) is 4.79 Å². The lowest BCUT2D eigenvalue weighted by atomic mass is 9.83. The molecule has 3 aromatic rings. The topological polar surface area (TPSA) is 35.9 Å². The van der Waals surface area contributed by atoms with Crippen molar-refractivity contribution < 1.29 is 4.79 Å². The average Bonchev–Trinajstić information content (AvgIpc) is 3.24. The second kappa shape index (κ2) is 18.7. The van der Waals surface area contributed by atoms with E-state index in [-0.39, 0.29) is 5.91 Å². The summed E-state index contributed by atoms with van der Waals surface area (Å²) in [4.78, 5) is 23.7. The van der Waals surface area contributed by atoms with Crippen LogP contribution >= 0.6 is 0 Å². The molecule has 0 N–H and O–H groups in total. The molecule has 0 fully saturated rings. The first kappa shape index (κ1) is 35.5. The van der Waals surface area contributed by atoms with Gasteiger partial charge in [0.15, 0.2) is 5.54 Å². The van der Waals surface area contributed by atoms with Crippen molar-refractivity contribution in [3.05, 3.63) is 144 Å². The third-order valence-electron chi connectivity index (χ3n) is 8.58. The molecule has 1 aliphatic carbocycles. The van der Waals surface area contributed by atoms with Crippen molar-refractivity contribution in [2.24, 2.45) is 10.9 Å². The highest BCUT2D eigenvalue weighted by molar-refractivity contribution is 6.16. The lowest BCUT2D eigenvalue weighted by Gasteiger charge is -2.29. The summed E-state index contributed by atoms with van der Waals surface area (Å²) in [6, 6.07) is 28.2. The molecular weight excluding hydrogens is 550 g/mol. The summed E-state index contributed by atoms with van der Waals surface area (Å²) in [6.07, 6.45) is 16.2. The van der Waals surface area contributed by atoms with Crippen LogP contribution < -0.4 is 0 Å². The molecule has 238 valence electrons. The molecule has 0 aromatic heterocycles. The van der Waals surface area contributed by atoms with Crippen LogP contribution in [0.3, 0.4) is 0 Å². The van der Waals surface area contributed by atoms with Gasteiger partial charge >= 0.3 is 0 Å². The molecule has 4 nitrogen and oxygen atoms in total. The molecule has 2 aliphatic rings. The maximum Gasteiger partial charge on any atom is 0.265 e. The van der Waals surface area contributed by atoms with Crippen LogP contribution in [0, 0.1) is 12.8 Å². The van der Waals surface area contributed by atoms with E-state index in [4.69, 9.17) is 4.99 Å². The Morgan fingerprint density at radius 2 is 1.27 bits per heavy atom. The third-order valence-corrected chi connectivity index (χ3v) is 8.58. The van der Waals surface area contributed by atoms with Gasteiger partial charge in [0.2, 0.25) is 0 Å². The van der Waals surface area contributed by atoms with E-state index >= 15 is 0 Å². The molecular formula is C41H53N3O. The number of hydrogen-bond donors (Lipinski definition) is 0. The Morgan fingerprint density at radius 1 is 0.756 bits per heavy atom. The lowest BCUT2D eigenvalue weighted by molar-refractivity contribution is -0.130. The SMILES string of the molecule is C1=CC=CCC=C1.CCC(C)CC.CCN(CC)CCN1C(=O)C(c2ccccc2)(c2ccccc2)N=C1c1ccc(C)cc1. The monoisotopic (exact) mass is 603 g/mol. The summed E-state index contributed by atoms with van der Waals surface area (Å²) < 4.78 is 0. The van der Waals surface area contributed by atoms with E-state index < -0.39 is 5.54 Å². The van der Waals surface area contributed by atoms with Gasteiger partial charge in [-0.1, -0.05) is 174 Å². The number of aliphatic imine (C=N–C) groups is 1. The Labute approximate surface area is 272 Å². The van der Waals surface area contributed by atoms with Crippen molar-refractivity contribution in [3.63, 3.8) is 0 Å². The minimum absolute atomic E-state index is 0.0117. The Hall–Kier alpha value is -4.02. The largest absolute Gasteiger partial charge is 0.302 e. The molecule has 1 heterocycles. The molecule has 1 aliphatic heterocycles. The maximum atomic E-state index is 14.3. The first-order chi connectivity index (χ1) is 21.9. The van der Waals surface area contributed by atoms with Gasteiger partial charge < -0.3 is 4.90 Å². The van der Waals surface area contributed by atoms with Crippen molar-refractivity contribution in [2.45, 2.75) is 66.3 Å². The summed E-state index contributed by atoms with van der Waals surface area (Å²) in [5.41, 5.74) is 2.87. The van der Waals surface area contributed by atoms with Crippen LogP contribution in [0.2, 0.25) is 0 Å². The Kier molecular flexibility index (Phi) is 14.7. The maximum absolute atomic E-state index is 14.3. The minimum atomic E-state index is -1.08. The molecule has 0 saturated heterocycles. The van der Waals surface area contributed by atoms with Crippen molar-refractivity contribution in [2.75, 3.05) is 26.2 Å². The standard InChI is InChI=1S/C28H31N3O.C7H8.C6H14/c1-4-30(5-2)20-21-31-26(23-18-16-22(3)17-19-23)29-28(27(31)32,24-12-8-6-9-13-24)25-14-10-7-11-15-25;1-2-4-6-7-5-3-1;1-4-6(3)5-2/h6-19H,4-5,20-21H2,1-3H3;1-6H,7H2;6H,4-5H2,1-3H3. The molecule has 0 bridgehead atoms. The van der Waals surface area contributed by atoms with E-state index in [0.29, 0.717) is 6.54 Å². The van der Waals surface area contributed by atoms with Gasteiger partial charge in [0.1, 0.15) is 5.84 Å². The molecule has 0 saturated carbocycles. The number of amidine groups is 1. The number of likely N-dealkylation sites (N-methyl/N-ethyl adjacent to an activating group) is 1. The summed E-state index contributed by atoms with van der Waals surface area (Å²) in [6.45, 7) is 16.4. The van der Waals surface area contributed by atoms with Gasteiger partial charge in [-0.15, -0.1) is 0 Å². The molecule has 0 atom stereocenters. The van der Waals surface area contributed by atoms with Gasteiger partial charge in [0.05, 0.1) is 0 Å². The molecule has 3 aromatic carbocycles. The van der Waals surface area contributed by atoms with Crippen LogP contribution in [0.1, 0.15) is 76.1 Å². The number of benzene rings is 3. The number of rotatable bonds is 10. The Bertz CT molecular complexity index is 1340. The average molecular weight is 604 g/mol. The second-order valence-electron chi connectivity index (χ2n) is 11.6. The van der Waals surface area contributed by atoms with Gasteiger partial charge in [0, 0.05) is 18.7 Å². The Morgan fingerprint density at radius 3 is 1.71 bits per heavy atom. The summed E-state index contributed by atoms with van der Waals surface area (Å²) in [5, 5.41) is 0. The second-order valence-corrected chi connectivity index (χ2v) is 11.6. The molecule has 0 spiro atoms. The summed E-state index contributed by atoms with van der Waals surface area (Å²) in [5.74, 6) is 1.69. The van der Waals surface area contributed by atoms with Crippen LogP contribution in [0.4, 0.5) is 0 Å². The van der Waals surface area contributed by atoms with Gasteiger partial charge in [-0.25, -0.2) is 4.99 Å². The fourth-order valence-corrected chi connectivity index (χ4v) is 5.18. The van der Waals surface area contributed by atoms with Gasteiger partial charge in [-0.3, -0.25) is 9.69 Å². The van der Waals surface area contributed by atoms with Gasteiger partial charge in [-0.05, 0) is 43.5 Å². The number of nitrogens with zero attached hydrogens (tertiary/aromatic N) is 3. The van der Waals surface area contributed by atoms with Crippen molar-refractivity contribution in [3.8, 4) is 0 Å². The first-order valence-electron chi connectivity index (χ1n) is 16.7. The molecule has 0 radical (unpaired) electrons. The quantitative estimate of drug-likeness (QED) is 0.231. The van der Waals surface area contributed by atoms with Gasteiger partial charge in [-0.2, -0.15) is 0 Å². The molecule has 45 heavy (non-hydrogen) atoms. The van der Waals surface area contributed by atoms with E-state index in [0.717, 1.165) is 54.5 Å². The smallest absolute Gasteiger partial charge is 0.265 e. The predicted molar refractivity (Wildman–Crippen MR) is 193 cm³/mol. The minimum Gasteiger partial charge on any atom is -0.302 e. The normalized spacial score (nSPS) is 14.9. The predicted octanol–water partition coefficient (Wildman–Crippen LogP) is 9.37. The zero-order valence-electron chi connectivity index (χ0n) is 28.3. The number of carbonyl (C=O) groups is 1. The molecule has 0 unspecified atom stereocenters. The molecule has 1 amide bonds. The zero-order chi connectivity index (χ0) is 32.5. The Balaban J connectivity index is 0.000000353. The van der Waals surface area contributed by atoms with E-state index in [1.165, 1.54) is 18.4 Å². The van der Waals surface area contributed by atoms with Crippen LogP contribution in [-0.4, -0.2) is 47.7 Å². The van der Waals surface area contributed by atoms with E-state index in [2.05, 4.69) is 95.0 Å². The highest BCUT2D eigenvalue weighted by Crippen LogP contribution is 2.41. The van der Waals surface area contributed by atoms with Crippen molar-refractivity contribution in [1.82, 2.24) is 9.80 Å². The summed E-state index contributed by atoms with van der Waals surface area (Å²) >= 11 is 0. The number of allylic oxidation sites excluding steroid dienone is 6. The van der Waals surface area contributed by atoms with E-state index in [1.807, 2.05) is 77.7 Å². The van der Waals surface area contributed by atoms with Crippen molar-refractivity contribution in [1.29, 1.82) is 0 Å². The zero-order valence-corrected chi connectivity index (χ0v) is 28.3. The fourth-order valence-electron chi connectivity index (χ4n) is 5.18. The number of hydrogen-bond acceptors (Lipinski definition) is 3. The van der Waals surface area contributed by atoms with Crippen molar-refractivity contribution >= 4 is 11.7 Å². The van der Waals surface area contributed by atoms with E-state index in [1.54, 1.807) is 0 Å². The highest BCUT2D eigenvalue weighted by Gasteiger charge is 2.51. The summed E-state index contributed by atoms with van der Waals surface area (Å²) in [7, 11) is 0. The lowest BCUT2D eigenvalue weighted by Crippen LogP contribution is -2.45. The van der Waals surface area contributed by atoms with Crippen LogP contribution in [0.25, 0.3) is 0 Å². The van der Waals surface area contributed by atoms with Gasteiger partial charge in [0.25, 0.3) is 5.91 Å². The third kappa shape index (κ3) is 9.73. The number of aryl methyl sites for hydroxylation is 1.